The molecule has 0 spiro atoms. The SMILES string of the molecule is COc1nc(-c2cccc(-c3cccc(-c4ccc5nn(CCCN6C(=O)c7ccccc7C6=O)c(=O)n5c4)c3Cl)c2Cl)ccc1CN(C[C@@H]1CCC(=O)N1)C(=O)OC(C)(C)C. The molecular weight excluding hydrogens is 833 g/mol. The summed E-state index contributed by atoms with van der Waals surface area (Å²) in [6, 6.07) is 24.9. The number of imide groups is 1. The highest BCUT2D eigenvalue weighted by Gasteiger charge is 2.35. The Morgan fingerprint density at radius 2 is 1.47 bits per heavy atom. The van der Waals surface area contributed by atoms with E-state index in [1.54, 1.807) is 62.2 Å². The fraction of sp³-hybridized carbons (Fsp3) is 0.283. The van der Waals surface area contributed by atoms with E-state index in [0.29, 0.717) is 91.0 Å². The average Bonchev–Trinajstić information content (AvgIpc) is 3.88. The first kappa shape index (κ1) is 42.2. The summed E-state index contributed by atoms with van der Waals surface area (Å²) in [5.41, 5.74) is 4.52. The summed E-state index contributed by atoms with van der Waals surface area (Å²) in [5.74, 6) is -0.438. The molecule has 318 valence electrons. The molecular formula is C46H43Cl2N7O7. The highest BCUT2D eigenvalue weighted by atomic mass is 35.5. The maximum absolute atomic E-state index is 13.5. The van der Waals surface area contributed by atoms with Gasteiger partial charge in [-0.2, -0.15) is 0 Å². The molecule has 2 aliphatic heterocycles. The van der Waals surface area contributed by atoms with Gasteiger partial charge in [-0.1, -0.05) is 71.7 Å². The van der Waals surface area contributed by atoms with Crippen LogP contribution in [0.25, 0.3) is 39.2 Å². The third-order valence-corrected chi connectivity index (χ3v) is 11.6. The zero-order chi connectivity index (χ0) is 43.9. The van der Waals surface area contributed by atoms with Gasteiger partial charge in [-0.05, 0) is 70.0 Å². The molecule has 0 radical (unpaired) electrons. The number of carbonyl (C=O) groups is 4. The number of nitrogens with one attached hydrogen (secondary N) is 1. The van der Waals surface area contributed by atoms with Crippen molar-refractivity contribution in [3.63, 3.8) is 0 Å². The number of hydrogen-bond acceptors (Lipinski definition) is 9. The van der Waals surface area contributed by atoms with Gasteiger partial charge in [-0.3, -0.25) is 19.3 Å². The van der Waals surface area contributed by atoms with Crippen LogP contribution in [0, 0.1) is 0 Å². The molecule has 2 aliphatic rings. The van der Waals surface area contributed by atoms with E-state index in [0.717, 1.165) is 0 Å². The van der Waals surface area contributed by atoms with Crippen molar-refractivity contribution in [1.29, 1.82) is 0 Å². The average molecular weight is 877 g/mol. The Bertz CT molecular complexity index is 2800. The van der Waals surface area contributed by atoms with Crippen molar-refractivity contribution in [2.45, 2.75) is 64.8 Å². The number of methoxy groups -OCH3 is 1. The van der Waals surface area contributed by atoms with Crippen LogP contribution in [0.4, 0.5) is 4.79 Å². The van der Waals surface area contributed by atoms with Gasteiger partial charge in [-0.15, -0.1) is 5.10 Å². The van der Waals surface area contributed by atoms with E-state index >= 15 is 0 Å². The first-order valence-corrected chi connectivity index (χ1v) is 20.9. The number of benzene rings is 3. The predicted molar refractivity (Wildman–Crippen MR) is 234 cm³/mol. The third-order valence-electron chi connectivity index (χ3n) is 10.8. The summed E-state index contributed by atoms with van der Waals surface area (Å²) >= 11 is 14.3. The van der Waals surface area contributed by atoms with Crippen molar-refractivity contribution in [3.8, 4) is 39.4 Å². The lowest BCUT2D eigenvalue weighted by Gasteiger charge is -2.29. The molecule has 3 aromatic heterocycles. The van der Waals surface area contributed by atoms with Gasteiger partial charge in [-0.25, -0.2) is 23.7 Å². The van der Waals surface area contributed by atoms with Crippen molar-refractivity contribution in [2.75, 3.05) is 20.2 Å². The van der Waals surface area contributed by atoms with Gasteiger partial charge < -0.3 is 19.7 Å². The highest BCUT2D eigenvalue weighted by Crippen LogP contribution is 2.42. The van der Waals surface area contributed by atoms with Crippen molar-refractivity contribution >= 4 is 52.7 Å². The summed E-state index contributed by atoms with van der Waals surface area (Å²) in [6.45, 7) is 6.14. The summed E-state index contributed by atoms with van der Waals surface area (Å²) in [5, 5.41) is 8.21. The van der Waals surface area contributed by atoms with Crippen molar-refractivity contribution in [2.24, 2.45) is 0 Å². The van der Waals surface area contributed by atoms with Crippen LogP contribution in [0.15, 0.2) is 95.9 Å². The smallest absolute Gasteiger partial charge is 0.410 e. The summed E-state index contributed by atoms with van der Waals surface area (Å²) in [6.07, 6.45) is 2.52. The van der Waals surface area contributed by atoms with Crippen molar-refractivity contribution in [3.05, 3.63) is 128 Å². The van der Waals surface area contributed by atoms with Crippen molar-refractivity contribution in [1.82, 2.24) is 34.3 Å². The zero-order valence-electron chi connectivity index (χ0n) is 34.5. The fourth-order valence-electron chi connectivity index (χ4n) is 7.78. The van der Waals surface area contributed by atoms with Crippen LogP contribution >= 0.6 is 23.2 Å². The van der Waals surface area contributed by atoms with Crippen molar-refractivity contribution < 1.29 is 28.7 Å². The van der Waals surface area contributed by atoms with Gasteiger partial charge in [0.15, 0.2) is 5.65 Å². The van der Waals surface area contributed by atoms with Gasteiger partial charge in [0.2, 0.25) is 11.8 Å². The predicted octanol–water partition coefficient (Wildman–Crippen LogP) is 7.91. The van der Waals surface area contributed by atoms with Crippen LogP contribution in [0.2, 0.25) is 10.0 Å². The normalized spacial score (nSPS) is 15.0. The number of nitrogens with zero attached hydrogens (tertiary/aromatic N) is 6. The fourth-order valence-corrected chi connectivity index (χ4v) is 8.44. The van der Waals surface area contributed by atoms with E-state index in [-0.39, 0.29) is 55.6 Å². The number of carbonyl (C=O) groups excluding carboxylic acids is 4. The van der Waals surface area contributed by atoms with E-state index in [1.807, 2.05) is 54.6 Å². The molecule has 5 heterocycles. The number of fused-ring (bicyclic) bond motifs is 2. The molecule has 1 atom stereocenters. The summed E-state index contributed by atoms with van der Waals surface area (Å²) in [7, 11) is 1.51. The maximum Gasteiger partial charge on any atom is 0.410 e. The topological polar surface area (TPSA) is 157 Å². The molecule has 14 nitrogen and oxygen atoms in total. The number of aromatic nitrogens is 4. The Labute approximate surface area is 367 Å². The minimum Gasteiger partial charge on any atom is -0.481 e. The monoisotopic (exact) mass is 875 g/mol. The Hall–Kier alpha value is -6.51. The van der Waals surface area contributed by atoms with Crippen LogP contribution < -0.4 is 15.7 Å². The number of halogens is 2. The Morgan fingerprint density at radius 1 is 0.823 bits per heavy atom. The van der Waals surface area contributed by atoms with E-state index in [9.17, 15) is 24.0 Å². The number of ether oxygens (including phenoxy) is 2. The minimum atomic E-state index is -0.722. The molecule has 62 heavy (non-hydrogen) atoms. The van der Waals surface area contributed by atoms with Crippen LogP contribution in [-0.2, 0) is 22.6 Å². The lowest BCUT2D eigenvalue weighted by atomic mass is 9.97. The molecule has 3 aromatic carbocycles. The molecule has 4 amide bonds. The molecule has 6 aromatic rings. The Morgan fingerprint density at radius 3 is 2.11 bits per heavy atom. The second kappa shape index (κ2) is 17.1. The second-order valence-electron chi connectivity index (χ2n) is 16.2. The number of aryl methyl sites for hydroxylation is 1. The molecule has 0 saturated carbocycles. The van der Waals surface area contributed by atoms with Crippen LogP contribution in [0.3, 0.4) is 0 Å². The van der Waals surface area contributed by atoms with E-state index in [1.165, 1.54) is 21.1 Å². The molecule has 0 bridgehead atoms. The lowest BCUT2D eigenvalue weighted by molar-refractivity contribution is -0.119. The molecule has 0 unspecified atom stereocenters. The Balaban J connectivity index is 1.02. The number of hydrogen-bond donors (Lipinski definition) is 1. The summed E-state index contributed by atoms with van der Waals surface area (Å²) < 4.78 is 14.2. The molecule has 1 saturated heterocycles. The quantitative estimate of drug-likeness (QED) is 0.121. The first-order chi connectivity index (χ1) is 29.7. The largest absolute Gasteiger partial charge is 0.481 e. The van der Waals surface area contributed by atoms with Crippen LogP contribution in [0.1, 0.15) is 66.3 Å². The van der Waals surface area contributed by atoms with Crippen LogP contribution in [0.5, 0.6) is 5.88 Å². The van der Waals surface area contributed by atoms with Gasteiger partial charge in [0.05, 0.1) is 40.5 Å². The number of rotatable bonds is 12. The summed E-state index contributed by atoms with van der Waals surface area (Å²) in [4.78, 5) is 72.0. The number of amides is 4. The molecule has 16 heteroatoms. The zero-order valence-corrected chi connectivity index (χ0v) is 36.0. The van der Waals surface area contributed by atoms with E-state index < -0.39 is 11.7 Å². The van der Waals surface area contributed by atoms with E-state index in [2.05, 4.69) is 10.4 Å². The number of pyridine rings is 2. The molecule has 1 N–H and O–H groups in total. The van der Waals surface area contributed by atoms with Gasteiger partial charge in [0.1, 0.15) is 5.60 Å². The molecule has 8 rings (SSSR count). The lowest BCUT2D eigenvalue weighted by Crippen LogP contribution is -2.43. The van der Waals surface area contributed by atoms with Gasteiger partial charge >= 0.3 is 11.8 Å². The van der Waals surface area contributed by atoms with Crippen LogP contribution in [-0.4, -0.2) is 84.6 Å². The first-order valence-electron chi connectivity index (χ1n) is 20.1. The Kier molecular flexibility index (Phi) is 11.6. The maximum atomic E-state index is 13.5. The third kappa shape index (κ3) is 8.40. The molecule has 0 aliphatic carbocycles. The second-order valence-corrected chi connectivity index (χ2v) is 16.9. The van der Waals surface area contributed by atoms with E-state index in [4.69, 9.17) is 37.7 Å². The highest BCUT2D eigenvalue weighted by molar-refractivity contribution is 6.39. The van der Waals surface area contributed by atoms with Gasteiger partial charge in [0, 0.05) is 71.7 Å². The van der Waals surface area contributed by atoms with Gasteiger partial charge in [0.25, 0.3) is 11.8 Å². The standard InChI is InChI=1S/C46H43Cl2N7O7/c1-46(2,3)62-45(60)52(26-29-18-21-38(56)49-29)24-28-16-19-36(50-41(28)61-4)35-15-8-14-32(40(35)48)31-13-7-12-30(39(31)47)27-17-20-37-51-55(44(59)54(37)25-27)23-9-22-53-42(57)33-10-5-6-11-34(33)43(53)58/h5-8,10-17,19-20,25,29H,9,18,21-24,26H2,1-4H3,(H,49,56)/t29-/m0/s1. The minimum absolute atomic E-state index is 0.0495. The molecule has 1 fully saturated rings.